The Morgan fingerprint density at radius 3 is 2.31 bits per heavy atom. The Morgan fingerprint density at radius 1 is 0.795 bits per heavy atom. The van der Waals surface area contributed by atoms with Crippen molar-refractivity contribution >= 4 is 40.5 Å². The number of carbonyl (C=O) groups excluding carboxylic acids is 2. The van der Waals surface area contributed by atoms with Crippen molar-refractivity contribution in [2.45, 2.75) is 6.61 Å². The zero-order valence-corrected chi connectivity index (χ0v) is 21.5. The largest absolute Gasteiger partial charge is 0.489 e. The summed E-state index contributed by atoms with van der Waals surface area (Å²) in [6.45, 7) is 0.436. The normalized spacial score (nSPS) is 10.9. The molecule has 0 aliphatic carbocycles. The van der Waals surface area contributed by atoms with E-state index in [1.807, 2.05) is 60.7 Å². The zero-order chi connectivity index (χ0) is 27.0. The van der Waals surface area contributed by atoms with E-state index in [4.69, 9.17) is 21.1 Å². The molecule has 5 rings (SSSR count). The molecule has 0 fully saturated rings. The second-order valence-electron chi connectivity index (χ2n) is 8.57. The number of halogens is 1. The standard InChI is InChI=1S/C32H23ClN2O4/c33-29-13-7-6-12-27(29)32(37)39-30-19-16-23-10-4-5-11-26(23)28(30)20-34-35-31(36)24-14-17-25(18-15-24)38-21-22-8-2-1-3-9-22/h1-20H,21H2,(H,35,36)/b34-20+. The molecule has 5 aromatic carbocycles. The maximum Gasteiger partial charge on any atom is 0.345 e. The number of ether oxygens (including phenoxy) is 2. The summed E-state index contributed by atoms with van der Waals surface area (Å²) in [6.07, 6.45) is 1.47. The zero-order valence-electron chi connectivity index (χ0n) is 20.7. The minimum atomic E-state index is -0.593. The fourth-order valence-corrected chi connectivity index (χ4v) is 4.16. The molecule has 0 bridgehead atoms. The van der Waals surface area contributed by atoms with Gasteiger partial charge < -0.3 is 9.47 Å². The van der Waals surface area contributed by atoms with Gasteiger partial charge in [0.25, 0.3) is 5.91 Å². The predicted octanol–water partition coefficient (Wildman–Crippen LogP) is 7.06. The second kappa shape index (κ2) is 12.1. The number of fused-ring (bicyclic) bond motifs is 1. The van der Waals surface area contributed by atoms with Gasteiger partial charge in [-0.05, 0) is 58.8 Å². The first-order chi connectivity index (χ1) is 19.1. The third kappa shape index (κ3) is 6.32. The van der Waals surface area contributed by atoms with Crippen molar-refractivity contribution in [3.8, 4) is 11.5 Å². The third-order valence-corrected chi connectivity index (χ3v) is 6.28. The van der Waals surface area contributed by atoms with Crippen molar-refractivity contribution in [1.82, 2.24) is 5.43 Å². The lowest BCUT2D eigenvalue weighted by atomic mass is 10.0. The molecule has 0 spiro atoms. The average Bonchev–Trinajstić information content (AvgIpc) is 2.98. The van der Waals surface area contributed by atoms with E-state index >= 15 is 0 Å². The maximum absolute atomic E-state index is 12.8. The van der Waals surface area contributed by atoms with Crippen LogP contribution in [0.4, 0.5) is 0 Å². The van der Waals surface area contributed by atoms with Gasteiger partial charge in [-0.3, -0.25) is 4.79 Å². The number of benzene rings is 5. The Hall–Kier alpha value is -4.94. The predicted molar refractivity (Wildman–Crippen MR) is 153 cm³/mol. The summed E-state index contributed by atoms with van der Waals surface area (Å²) >= 11 is 6.17. The highest BCUT2D eigenvalue weighted by Gasteiger charge is 2.16. The fraction of sp³-hybridized carbons (Fsp3) is 0.0312. The minimum absolute atomic E-state index is 0.250. The Bertz CT molecular complexity index is 1650. The molecule has 1 N–H and O–H groups in total. The van der Waals surface area contributed by atoms with Crippen LogP contribution in [0.15, 0.2) is 120 Å². The van der Waals surface area contributed by atoms with Crippen molar-refractivity contribution in [1.29, 1.82) is 0 Å². The van der Waals surface area contributed by atoms with Gasteiger partial charge in [-0.2, -0.15) is 5.10 Å². The van der Waals surface area contributed by atoms with E-state index in [0.717, 1.165) is 16.3 Å². The third-order valence-electron chi connectivity index (χ3n) is 5.95. The summed E-state index contributed by atoms with van der Waals surface area (Å²) in [6, 6.07) is 34.4. The van der Waals surface area contributed by atoms with Crippen LogP contribution in [0.2, 0.25) is 5.02 Å². The maximum atomic E-state index is 12.8. The smallest absolute Gasteiger partial charge is 0.345 e. The summed E-state index contributed by atoms with van der Waals surface area (Å²) < 4.78 is 11.5. The van der Waals surface area contributed by atoms with Crippen LogP contribution in [0.3, 0.4) is 0 Å². The summed E-state index contributed by atoms with van der Waals surface area (Å²) in [5.74, 6) is -0.0454. The Kier molecular flexibility index (Phi) is 7.95. The van der Waals surface area contributed by atoms with Crippen molar-refractivity contribution in [3.05, 3.63) is 143 Å². The van der Waals surface area contributed by atoms with E-state index in [0.29, 0.717) is 28.5 Å². The number of esters is 1. The average molecular weight is 535 g/mol. The fourth-order valence-electron chi connectivity index (χ4n) is 3.94. The minimum Gasteiger partial charge on any atom is -0.489 e. The molecule has 0 radical (unpaired) electrons. The molecule has 0 saturated heterocycles. The molecular formula is C32H23ClN2O4. The highest BCUT2D eigenvalue weighted by molar-refractivity contribution is 6.33. The summed E-state index contributed by atoms with van der Waals surface area (Å²) in [4.78, 5) is 25.5. The molecule has 6 nitrogen and oxygen atoms in total. The molecule has 5 aromatic rings. The monoisotopic (exact) mass is 534 g/mol. The molecule has 0 atom stereocenters. The van der Waals surface area contributed by atoms with Gasteiger partial charge in [0.1, 0.15) is 18.1 Å². The molecule has 192 valence electrons. The Balaban J connectivity index is 1.30. The summed E-state index contributed by atoms with van der Waals surface area (Å²) in [5.41, 5.74) is 4.80. The van der Waals surface area contributed by atoms with Gasteiger partial charge in [0.15, 0.2) is 0 Å². The molecule has 39 heavy (non-hydrogen) atoms. The van der Waals surface area contributed by atoms with Gasteiger partial charge in [-0.1, -0.05) is 84.4 Å². The number of carbonyl (C=O) groups is 2. The van der Waals surface area contributed by atoms with Crippen molar-refractivity contribution < 1.29 is 19.1 Å². The first kappa shape index (κ1) is 25.7. The summed E-state index contributed by atoms with van der Waals surface area (Å²) in [5, 5.41) is 6.18. The van der Waals surface area contributed by atoms with Crippen LogP contribution < -0.4 is 14.9 Å². The molecule has 0 aromatic heterocycles. The van der Waals surface area contributed by atoms with Gasteiger partial charge in [0.2, 0.25) is 0 Å². The van der Waals surface area contributed by atoms with Gasteiger partial charge in [0, 0.05) is 11.1 Å². The number of hydrogen-bond acceptors (Lipinski definition) is 5. The van der Waals surface area contributed by atoms with Gasteiger partial charge in [-0.25, -0.2) is 10.2 Å². The number of hydrazone groups is 1. The number of nitrogens with one attached hydrogen (secondary N) is 1. The van der Waals surface area contributed by atoms with E-state index in [9.17, 15) is 9.59 Å². The topological polar surface area (TPSA) is 77.0 Å². The molecule has 0 unspecified atom stereocenters. The van der Waals surface area contributed by atoms with E-state index in [2.05, 4.69) is 10.5 Å². The van der Waals surface area contributed by atoms with Crippen LogP contribution in [0.1, 0.15) is 31.8 Å². The highest BCUT2D eigenvalue weighted by Crippen LogP contribution is 2.28. The van der Waals surface area contributed by atoms with Gasteiger partial charge >= 0.3 is 5.97 Å². The van der Waals surface area contributed by atoms with Crippen LogP contribution in [-0.4, -0.2) is 18.1 Å². The van der Waals surface area contributed by atoms with Crippen molar-refractivity contribution in [2.75, 3.05) is 0 Å². The van der Waals surface area contributed by atoms with E-state index in [1.54, 1.807) is 54.6 Å². The quantitative estimate of drug-likeness (QED) is 0.100. The number of nitrogens with zero attached hydrogens (tertiary/aromatic N) is 1. The van der Waals surface area contributed by atoms with Crippen molar-refractivity contribution in [3.63, 3.8) is 0 Å². The van der Waals surface area contributed by atoms with E-state index in [1.165, 1.54) is 6.21 Å². The first-order valence-corrected chi connectivity index (χ1v) is 12.5. The van der Waals surface area contributed by atoms with Crippen LogP contribution in [0, 0.1) is 0 Å². The summed E-state index contributed by atoms with van der Waals surface area (Å²) in [7, 11) is 0. The van der Waals surface area contributed by atoms with E-state index in [-0.39, 0.29) is 11.3 Å². The number of amides is 1. The SMILES string of the molecule is O=C(N/N=C/c1c(OC(=O)c2ccccc2Cl)ccc2ccccc12)c1ccc(OCc2ccccc2)cc1. The first-order valence-electron chi connectivity index (χ1n) is 12.2. The van der Waals surface area contributed by atoms with E-state index < -0.39 is 11.9 Å². The number of hydrogen-bond donors (Lipinski definition) is 1. The van der Waals surface area contributed by atoms with Gasteiger partial charge in [0.05, 0.1) is 16.8 Å². The lowest BCUT2D eigenvalue weighted by Gasteiger charge is -2.11. The molecular weight excluding hydrogens is 512 g/mol. The lowest BCUT2D eigenvalue weighted by Crippen LogP contribution is -2.17. The molecule has 0 aliphatic rings. The van der Waals surface area contributed by atoms with Crippen LogP contribution >= 0.6 is 11.6 Å². The molecule has 0 heterocycles. The van der Waals surface area contributed by atoms with Gasteiger partial charge in [-0.15, -0.1) is 0 Å². The van der Waals surface area contributed by atoms with Crippen LogP contribution in [-0.2, 0) is 6.61 Å². The van der Waals surface area contributed by atoms with Crippen molar-refractivity contribution in [2.24, 2.45) is 5.10 Å². The molecule has 7 heteroatoms. The Morgan fingerprint density at radius 2 is 1.51 bits per heavy atom. The molecule has 1 amide bonds. The lowest BCUT2D eigenvalue weighted by molar-refractivity contribution is 0.0734. The Labute approximate surface area is 230 Å². The molecule has 0 saturated carbocycles. The number of rotatable bonds is 8. The second-order valence-corrected chi connectivity index (χ2v) is 8.97. The van der Waals surface area contributed by atoms with Crippen LogP contribution in [0.25, 0.3) is 10.8 Å². The highest BCUT2D eigenvalue weighted by atomic mass is 35.5. The van der Waals surface area contributed by atoms with Crippen LogP contribution in [0.5, 0.6) is 11.5 Å². The molecule has 0 aliphatic heterocycles.